The number of anilines is 1. The maximum atomic E-state index is 5.81. The van der Waals surface area contributed by atoms with Crippen molar-refractivity contribution in [1.82, 2.24) is 9.97 Å². The molecular weight excluding hydrogens is 244 g/mol. The Morgan fingerprint density at radius 2 is 1.95 bits per heavy atom. The molecule has 0 spiro atoms. The Balaban J connectivity index is 2.94. The summed E-state index contributed by atoms with van der Waals surface area (Å²) in [6, 6.07) is 0. The lowest BCUT2D eigenvalue weighted by molar-refractivity contribution is 0.0628. The molecule has 1 aromatic rings. The molecule has 1 rings (SSSR count). The van der Waals surface area contributed by atoms with E-state index in [0.717, 1.165) is 5.56 Å². The van der Waals surface area contributed by atoms with E-state index in [-0.39, 0.29) is 12.0 Å². The Labute approximate surface area is 114 Å². The van der Waals surface area contributed by atoms with E-state index in [0.29, 0.717) is 30.7 Å². The fourth-order valence-electron chi connectivity index (χ4n) is 1.53. The molecule has 0 aromatic carbocycles. The molecule has 0 aliphatic rings. The number of aromatic nitrogens is 2. The number of rotatable bonds is 7. The third-order valence-electron chi connectivity index (χ3n) is 2.64. The van der Waals surface area contributed by atoms with Gasteiger partial charge >= 0.3 is 0 Å². The van der Waals surface area contributed by atoms with Gasteiger partial charge in [-0.15, -0.1) is 0 Å². The Bertz CT molecular complexity index is 410. The number of nitrogens with two attached hydrogens (primary N) is 1. The van der Waals surface area contributed by atoms with Crippen LogP contribution in [0.15, 0.2) is 0 Å². The molecule has 0 amide bonds. The van der Waals surface area contributed by atoms with Crippen LogP contribution in [0.4, 0.5) is 5.82 Å². The van der Waals surface area contributed by atoms with Gasteiger partial charge in [-0.3, -0.25) is 0 Å². The molecule has 1 aromatic heterocycles. The summed E-state index contributed by atoms with van der Waals surface area (Å²) in [5.74, 6) is 7.54. The Morgan fingerprint density at radius 1 is 1.26 bits per heavy atom. The third-order valence-corrected chi connectivity index (χ3v) is 2.64. The summed E-state index contributed by atoms with van der Waals surface area (Å²) < 4.78 is 11.1. The first kappa shape index (κ1) is 15.7. The van der Waals surface area contributed by atoms with Gasteiger partial charge in [-0.05, 0) is 20.8 Å². The van der Waals surface area contributed by atoms with Gasteiger partial charge in [-0.25, -0.2) is 10.8 Å². The maximum Gasteiger partial charge on any atom is 0.222 e. The molecule has 0 bridgehead atoms. The van der Waals surface area contributed by atoms with Crippen molar-refractivity contribution in [2.24, 2.45) is 5.84 Å². The Hall–Kier alpha value is -1.40. The van der Waals surface area contributed by atoms with Crippen molar-refractivity contribution < 1.29 is 9.47 Å². The second-order valence-electron chi connectivity index (χ2n) is 4.75. The molecule has 19 heavy (non-hydrogen) atoms. The first-order valence-corrected chi connectivity index (χ1v) is 6.59. The van der Waals surface area contributed by atoms with E-state index >= 15 is 0 Å². The fraction of sp³-hybridized carbons (Fsp3) is 0.692. The quantitative estimate of drug-likeness (QED) is 0.581. The summed E-state index contributed by atoms with van der Waals surface area (Å²) in [5.41, 5.74) is 3.39. The van der Waals surface area contributed by atoms with Gasteiger partial charge in [0.25, 0.3) is 0 Å². The molecule has 0 radical (unpaired) electrons. The van der Waals surface area contributed by atoms with Crippen molar-refractivity contribution in [2.45, 2.75) is 46.6 Å². The zero-order valence-electron chi connectivity index (χ0n) is 12.4. The van der Waals surface area contributed by atoms with Crippen LogP contribution in [-0.2, 0) is 4.74 Å². The largest absolute Gasteiger partial charge is 0.472 e. The fourth-order valence-corrected chi connectivity index (χ4v) is 1.53. The maximum absolute atomic E-state index is 5.81. The van der Waals surface area contributed by atoms with E-state index in [1.54, 1.807) is 0 Å². The van der Waals surface area contributed by atoms with Crippen LogP contribution >= 0.6 is 0 Å². The Kier molecular flexibility index (Phi) is 5.98. The number of ether oxygens (including phenoxy) is 2. The van der Waals surface area contributed by atoms with E-state index in [4.69, 9.17) is 15.3 Å². The average molecular weight is 268 g/mol. The molecule has 0 aliphatic carbocycles. The SMILES string of the molecule is CCOCC(C)Oc1nc(C(C)C)nc(NN)c1C. The van der Waals surface area contributed by atoms with Crippen molar-refractivity contribution in [1.29, 1.82) is 0 Å². The highest BCUT2D eigenvalue weighted by molar-refractivity contribution is 5.47. The zero-order valence-corrected chi connectivity index (χ0v) is 12.4. The number of nitrogens with zero attached hydrogens (tertiary/aromatic N) is 2. The molecular formula is C13H24N4O2. The predicted octanol–water partition coefficient (Wildman–Crippen LogP) is 2.00. The smallest absolute Gasteiger partial charge is 0.222 e. The molecule has 6 nitrogen and oxygen atoms in total. The van der Waals surface area contributed by atoms with Crippen molar-refractivity contribution >= 4 is 5.82 Å². The molecule has 1 heterocycles. The van der Waals surface area contributed by atoms with Crippen molar-refractivity contribution in [2.75, 3.05) is 18.6 Å². The average Bonchev–Trinajstić information content (AvgIpc) is 2.38. The lowest BCUT2D eigenvalue weighted by Crippen LogP contribution is -2.22. The highest BCUT2D eigenvalue weighted by Crippen LogP contribution is 2.25. The number of nitrogen functional groups attached to an aromatic ring is 1. The van der Waals surface area contributed by atoms with Crippen LogP contribution in [0, 0.1) is 6.92 Å². The molecule has 0 aliphatic heterocycles. The van der Waals surface area contributed by atoms with Gasteiger partial charge in [0.2, 0.25) is 5.88 Å². The molecule has 108 valence electrons. The summed E-state index contributed by atoms with van der Waals surface area (Å²) >= 11 is 0. The second kappa shape index (κ2) is 7.25. The van der Waals surface area contributed by atoms with Crippen molar-refractivity contribution in [3.05, 3.63) is 11.4 Å². The van der Waals surface area contributed by atoms with Crippen molar-refractivity contribution in [3.8, 4) is 5.88 Å². The lowest BCUT2D eigenvalue weighted by Gasteiger charge is -2.18. The molecule has 1 atom stereocenters. The topological polar surface area (TPSA) is 82.3 Å². The van der Waals surface area contributed by atoms with Gasteiger partial charge in [0.15, 0.2) is 0 Å². The minimum atomic E-state index is -0.0702. The van der Waals surface area contributed by atoms with Crippen molar-refractivity contribution in [3.63, 3.8) is 0 Å². The van der Waals surface area contributed by atoms with E-state index in [9.17, 15) is 0 Å². The summed E-state index contributed by atoms with van der Waals surface area (Å²) in [4.78, 5) is 8.81. The second-order valence-corrected chi connectivity index (χ2v) is 4.75. The number of hydrogen-bond acceptors (Lipinski definition) is 6. The molecule has 1 unspecified atom stereocenters. The standard InChI is InChI=1S/C13H24N4O2/c1-6-18-7-9(4)19-13-10(5)12(17-14)15-11(16-13)8(2)3/h8-9H,6-7,14H2,1-5H3,(H,15,16,17). The summed E-state index contributed by atoms with van der Waals surface area (Å²) in [6.45, 7) is 11.0. The molecule has 0 saturated heterocycles. The third kappa shape index (κ3) is 4.33. The Morgan fingerprint density at radius 3 is 2.47 bits per heavy atom. The van der Waals surface area contributed by atoms with E-state index < -0.39 is 0 Å². The first-order valence-electron chi connectivity index (χ1n) is 6.59. The van der Waals surface area contributed by atoms with Gasteiger partial charge in [-0.2, -0.15) is 4.98 Å². The molecule has 0 saturated carbocycles. The lowest BCUT2D eigenvalue weighted by atomic mass is 10.2. The highest BCUT2D eigenvalue weighted by Gasteiger charge is 2.15. The molecule has 0 fully saturated rings. The monoisotopic (exact) mass is 268 g/mol. The van der Waals surface area contributed by atoms with Crippen LogP contribution < -0.4 is 16.0 Å². The normalized spacial score (nSPS) is 12.6. The van der Waals surface area contributed by atoms with Crippen LogP contribution in [0.2, 0.25) is 0 Å². The van der Waals surface area contributed by atoms with Crippen LogP contribution in [0.3, 0.4) is 0 Å². The molecule has 6 heteroatoms. The number of hydrogen-bond donors (Lipinski definition) is 2. The van der Waals surface area contributed by atoms with Gasteiger partial charge in [0, 0.05) is 12.5 Å². The number of nitrogens with one attached hydrogen (secondary N) is 1. The van der Waals surface area contributed by atoms with Crippen LogP contribution in [-0.4, -0.2) is 29.3 Å². The van der Waals surface area contributed by atoms with Crippen LogP contribution in [0.25, 0.3) is 0 Å². The first-order chi connectivity index (χ1) is 8.99. The van der Waals surface area contributed by atoms with Crippen LogP contribution in [0.1, 0.15) is 45.0 Å². The van der Waals surface area contributed by atoms with Crippen LogP contribution in [0.5, 0.6) is 5.88 Å². The van der Waals surface area contributed by atoms with E-state index in [1.165, 1.54) is 0 Å². The highest BCUT2D eigenvalue weighted by atomic mass is 16.5. The summed E-state index contributed by atoms with van der Waals surface area (Å²) in [5, 5.41) is 0. The van der Waals surface area contributed by atoms with Gasteiger partial charge in [0.05, 0.1) is 12.2 Å². The number of hydrazine groups is 1. The minimum absolute atomic E-state index is 0.0702. The summed E-state index contributed by atoms with van der Waals surface area (Å²) in [6.07, 6.45) is -0.0702. The van der Waals surface area contributed by atoms with Gasteiger partial charge in [-0.1, -0.05) is 13.8 Å². The van der Waals surface area contributed by atoms with Gasteiger partial charge in [0.1, 0.15) is 17.7 Å². The molecule has 3 N–H and O–H groups in total. The predicted molar refractivity (Wildman–Crippen MR) is 75.3 cm³/mol. The minimum Gasteiger partial charge on any atom is -0.472 e. The zero-order chi connectivity index (χ0) is 14.4. The van der Waals surface area contributed by atoms with E-state index in [2.05, 4.69) is 15.4 Å². The van der Waals surface area contributed by atoms with Gasteiger partial charge < -0.3 is 14.9 Å². The summed E-state index contributed by atoms with van der Waals surface area (Å²) in [7, 11) is 0. The van der Waals surface area contributed by atoms with E-state index in [1.807, 2.05) is 34.6 Å².